The van der Waals surface area contributed by atoms with Gasteiger partial charge in [0, 0.05) is 24.1 Å². The van der Waals surface area contributed by atoms with Gasteiger partial charge in [-0.15, -0.1) is 0 Å². The lowest BCUT2D eigenvalue weighted by atomic mass is 10.1. The first-order chi connectivity index (χ1) is 8.99. The van der Waals surface area contributed by atoms with Crippen LogP contribution in [0.3, 0.4) is 0 Å². The molecule has 4 nitrogen and oxygen atoms in total. The number of hydrogen-bond acceptors (Lipinski definition) is 3. The van der Waals surface area contributed by atoms with Crippen LogP contribution < -0.4 is 0 Å². The third kappa shape index (κ3) is 3.07. The molecule has 0 saturated carbocycles. The molecule has 1 aromatic rings. The zero-order valence-electron chi connectivity index (χ0n) is 10.4. The standard InChI is InChI=1S/C13H14FNO3S/c1-8-7-15(4-5-19-8)12(16)10-3-2-9(13(17)18)6-11(10)14/h2-3,6,8H,4-5,7H2,1H3,(H,17,18). The van der Waals surface area contributed by atoms with Crippen LogP contribution >= 0.6 is 11.8 Å². The molecule has 19 heavy (non-hydrogen) atoms. The minimum Gasteiger partial charge on any atom is -0.478 e. The molecule has 6 heteroatoms. The number of thioether (sulfide) groups is 1. The van der Waals surface area contributed by atoms with Crippen LogP contribution in [-0.4, -0.2) is 46.0 Å². The quantitative estimate of drug-likeness (QED) is 0.903. The van der Waals surface area contributed by atoms with E-state index in [1.54, 1.807) is 16.7 Å². The van der Waals surface area contributed by atoms with Gasteiger partial charge in [-0.3, -0.25) is 4.79 Å². The third-order valence-electron chi connectivity index (χ3n) is 2.97. The van der Waals surface area contributed by atoms with Crippen LogP contribution in [0.4, 0.5) is 4.39 Å². The van der Waals surface area contributed by atoms with Crippen LogP contribution in [0.1, 0.15) is 27.6 Å². The van der Waals surface area contributed by atoms with Gasteiger partial charge in [-0.1, -0.05) is 6.92 Å². The zero-order valence-corrected chi connectivity index (χ0v) is 11.2. The summed E-state index contributed by atoms with van der Waals surface area (Å²) in [5.41, 5.74) is -0.222. The first-order valence-corrected chi connectivity index (χ1v) is 6.97. The second kappa shape index (κ2) is 5.61. The molecule has 1 fully saturated rings. The summed E-state index contributed by atoms with van der Waals surface area (Å²) in [7, 11) is 0. The van der Waals surface area contributed by atoms with Crippen molar-refractivity contribution in [2.24, 2.45) is 0 Å². The third-order valence-corrected chi connectivity index (χ3v) is 4.11. The number of rotatable bonds is 2. The van der Waals surface area contributed by atoms with Gasteiger partial charge in [-0.2, -0.15) is 11.8 Å². The number of halogens is 1. The van der Waals surface area contributed by atoms with Gasteiger partial charge >= 0.3 is 5.97 Å². The van der Waals surface area contributed by atoms with Gasteiger partial charge in [0.05, 0.1) is 11.1 Å². The fourth-order valence-electron chi connectivity index (χ4n) is 1.99. The second-order valence-corrected chi connectivity index (χ2v) is 5.98. The number of hydrogen-bond donors (Lipinski definition) is 1. The van der Waals surface area contributed by atoms with Crippen LogP contribution in [0.2, 0.25) is 0 Å². The predicted octanol–water partition coefficient (Wildman–Crippen LogP) is 2.10. The van der Waals surface area contributed by atoms with Gasteiger partial charge < -0.3 is 10.0 Å². The number of nitrogens with zero attached hydrogens (tertiary/aromatic N) is 1. The Hall–Kier alpha value is -1.56. The van der Waals surface area contributed by atoms with E-state index in [4.69, 9.17) is 5.11 Å². The van der Waals surface area contributed by atoms with Crippen molar-refractivity contribution in [3.8, 4) is 0 Å². The summed E-state index contributed by atoms with van der Waals surface area (Å²) in [6.07, 6.45) is 0. The molecule has 0 radical (unpaired) electrons. The molecule has 1 aromatic carbocycles. The van der Waals surface area contributed by atoms with Crippen molar-refractivity contribution in [2.75, 3.05) is 18.8 Å². The maximum absolute atomic E-state index is 13.8. The Morgan fingerprint density at radius 1 is 1.47 bits per heavy atom. The number of carboxylic acids is 1. The van der Waals surface area contributed by atoms with E-state index >= 15 is 0 Å². The van der Waals surface area contributed by atoms with E-state index in [0.29, 0.717) is 18.3 Å². The SMILES string of the molecule is CC1CN(C(=O)c2ccc(C(=O)O)cc2F)CCS1. The van der Waals surface area contributed by atoms with E-state index in [0.717, 1.165) is 11.8 Å². The van der Waals surface area contributed by atoms with Crippen molar-refractivity contribution in [1.29, 1.82) is 0 Å². The highest BCUT2D eigenvalue weighted by molar-refractivity contribution is 7.99. The fraction of sp³-hybridized carbons (Fsp3) is 0.385. The molecule has 1 saturated heterocycles. The molecule has 1 unspecified atom stereocenters. The highest BCUT2D eigenvalue weighted by Gasteiger charge is 2.24. The summed E-state index contributed by atoms with van der Waals surface area (Å²) in [6, 6.07) is 3.38. The van der Waals surface area contributed by atoms with Crippen molar-refractivity contribution in [1.82, 2.24) is 4.90 Å². The average Bonchev–Trinajstić information content (AvgIpc) is 2.37. The maximum atomic E-state index is 13.8. The molecule has 1 aliphatic heterocycles. The minimum absolute atomic E-state index is 0.0656. The molecule has 1 N–H and O–H groups in total. The molecule has 1 heterocycles. The molecule has 0 aliphatic carbocycles. The zero-order chi connectivity index (χ0) is 14.0. The second-order valence-electron chi connectivity index (χ2n) is 4.43. The van der Waals surface area contributed by atoms with Crippen LogP contribution in [0, 0.1) is 5.82 Å². The monoisotopic (exact) mass is 283 g/mol. The summed E-state index contributed by atoms with van der Waals surface area (Å²) in [5.74, 6) is -1.53. The Kier molecular flexibility index (Phi) is 4.09. The van der Waals surface area contributed by atoms with Crippen LogP contribution in [0.15, 0.2) is 18.2 Å². The summed E-state index contributed by atoms with van der Waals surface area (Å²) < 4.78 is 13.8. The molecule has 1 aliphatic rings. The summed E-state index contributed by atoms with van der Waals surface area (Å²) in [6.45, 7) is 3.20. The van der Waals surface area contributed by atoms with Crippen molar-refractivity contribution in [3.63, 3.8) is 0 Å². The molecule has 0 bridgehead atoms. The summed E-state index contributed by atoms with van der Waals surface area (Å²) in [4.78, 5) is 24.5. The smallest absolute Gasteiger partial charge is 0.335 e. The Balaban J connectivity index is 2.21. The fourth-order valence-corrected chi connectivity index (χ4v) is 3.01. The van der Waals surface area contributed by atoms with Crippen molar-refractivity contribution >= 4 is 23.6 Å². The van der Waals surface area contributed by atoms with Crippen LogP contribution in [-0.2, 0) is 0 Å². The maximum Gasteiger partial charge on any atom is 0.335 e. The van der Waals surface area contributed by atoms with Gasteiger partial charge in [0.25, 0.3) is 5.91 Å². The number of carboxylic acid groups (broad SMARTS) is 1. The Labute approximate surface area is 114 Å². The van der Waals surface area contributed by atoms with E-state index in [1.807, 2.05) is 6.92 Å². The number of amides is 1. The molecule has 102 valence electrons. The number of benzene rings is 1. The van der Waals surface area contributed by atoms with Gasteiger partial charge in [0.1, 0.15) is 5.82 Å². The van der Waals surface area contributed by atoms with E-state index < -0.39 is 11.8 Å². The van der Waals surface area contributed by atoms with Crippen molar-refractivity contribution in [3.05, 3.63) is 35.1 Å². The van der Waals surface area contributed by atoms with E-state index in [2.05, 4.69) is 0 Å². The molecule has 0 spiro atoms. The lowest BCUT2D eigenvalue weighted by Crippen LogP contribution is -2.41. The number of aromatic carboxylic acids is 1. The van der Waals surface area contributed by atoms with Crippen LogP contribution in [0.25, 0.3) is 0 Å². The van der Waals surface area contributed by atoms with E-state index in [9.17, 15) is 14.0 Å². The van der Waals surface area contributed by atoms with Crippen LogP contribution in [0.5, 0.6) is 0 Å². The highest BCUT2D eigenvalue weighted by Crippen LogP contribution is 2.21. The largest absolute Gasteiger partial charge is 0.478 e. The average molecular weight is 283 g/mol. The molecular formula is C13H14FNO3S. The molecule has 1 amide bonds. The normalized spacial score (nSPS) is 19.3. The van der Waals surface area contributed by atoms with Gasteiger partial charge in [0.15, 0.2) is 0 Å². The van der Waals surface area contributed by atoms with E-state index in [1.165, 1.54) is 12.1 Å². The van der Waals surface area contributed by atoms with E-state index in [-0.39, 0.29) is 17.0 Å². The van der Waals surface area contributed by atoms with Crippen molar-refractivity contribution < 1.29 is 19.1 Å². The van der Waals surface area contributed by atoms with Gasteiger partial charge in [0.2, 0.25) is 0 Å². The minimum atomic E-state index is -1.21. The van der Waals surface area contributed by atoms with Gasteiger partial charge in [-0.05, 0) is 18.2 Å². The predicted molar refractivity (Wildman–Crippen MR) is 71.2 cm³/mol. The number of carbonyl (C=O) groups excluding carboxylic acids is 1. The Bertz CT molecular complexity index is 521. The molecule has 0 aromatic heterocycles. The lowest BCUT2D eigenvalue weighted by molar-refractivity contribution is 0.0693. The lowest BCUT2D eigenvalue weighted by Gasteiger charge is -2.30. The van der Waals surface area contributed by atoms with Gasteiger partial charge in [-0.25, -0.2) is 9.18 Å². The van der Waals surface area contributed by atoms with Crippen molar-refractivity contribution in [2.45, 2.75) is 12.2 Å². The summed E-state index contributed by atoms with van der Waals surface area (Å²) in [5, 5.41) is 9.09. The molecular weight excluding hydrogens is 269 g/mol. The number of carbonyl (C=O) groups is 2. The first-order valence-electron chi connectivity index (χ1n) is 5.92. The topological polar surface area (TPSA) is 57.6 Å². The summed E-state index contributed by atoms with van der Waals surface area (Å²) >= 11 is 1.78. The Morgan fingerprint density at radius 2 is 2.21 bits per heavy atom. The Morgan fingerprint density at radius 3 is 2.79 bits per heavy atom. The molecule has 2 rings (SSSR count). The molecule has 1 atom stereocenters. The first kappa shape index (κ1) is 13.9. The highest BCUT2D eigenvalue weighted by atomic mass is 32.2.